The van der Waals surface area contributed by atoms with Crippen LogP contribution in [0.25, 0.3) is 0 Å². The average molecular weight is 453 g/mol. The highest BCUT2D eigenvalue weighted by Crippen LogP contribution is 2.45. The van der Waals surface area contributed by atoms with Gasteiger partial charge in [-0.05, 0) is 18.6 Å². The topological polar surface area (TPSA) is 88.1 Å². The number of alkyl carbamates (subject to hydrolysis) is 1. The Balaban J connectivity index is 1.75. The van der Waals surface area contributed by atoms with E-state index in [4.69, 9.17) is 37.8 Å². The maximum atomic E-state index is 12.3. The number of nitrogens with one attached hydrogen (secondary N) is 1. The van der Waals surface area contributed by atoms with Gasteiger partial charge < -0.3 is 24.8 Å². The molecule has 1 saturated heterocycles. The molecular formula is C21H22Cl2N2O5. The predicted octanol–water partition coefficient (Wildman–Crippen LogP) is 5.07. The van der Waals surface area contributed by atoms with Crippen molar-refractivity contribution >= 4 is 35.4 Å². The predicted molar refractivity (Wildman–Crippen MR) is 114 cm³/mol. The maximum absolute atomic E-state index is 12.3. The molecule has 0 saturated carbocycles. The zero-order chi connectivity index (χ0) is 21.8. The van der Waals surface area contributed by atoms with Crippen molar-refractivity contribution in [3.8, 4) is 5.75 Å². The Morgan fingerprint density at radius 1 is 1.27 bits per heavy atom. The number of hydrogen-bond donors (Lipinski definition) is 2. The van der Waals surface area contributed by atoms with Crippen molar-refractivity contribution in [1.29, 1.82) is 0 Å². The standard InChI is InChI=1S/C21H22Cl2N2O5/c1-12(24-20(26)30-11-13-6-4-3-5-7-13)15-8-16(22)18(23)17(19(15)29-2)14-9-25(10-14)21(27)28/h3-8,12,14H,9-11H2,1-2H3,(H,24,26)(H,27,28). The van der Waals surface area contributed by atoms with Gasteiger partial charge in [0.1, 0.15) is 12.4 Å². The summed E-state index contributed by atoms with van der Waals surface area (Å²) in [6.45, 7) is 2.52. The SMILES string of the molecule is COc1c(C(C)NC(=O)OCc2ccccc2)cc(Cl)c(Cl)c1C1CN(C(=O)O)C1. The van der Waals surface area contributed by atoms with Crippen LogP contribution in [0.2, 0.25) is 10.0 Å². The molecule has 0 radical (unpaired) electrons. The van der Waals surface area contributed by atoms with E-state index in [1.807, 2.05) is 30.3 Å². The molecule has 0 aliphatic carbocycles. The number of halogens is 2. The summed E-state index contributed by atoms with van der Waals surface area (Å²) in [5.41, 5.74) is 2.15. The van der Waals surface area contributed by atoms with E-state index in [1.54, 1.807) is 13.0 Å². The van der Waals surface area contributed by atoms with Gasteiger partial charge in [-0.1, -0.05) is 53.5 Å². The van der Waals surface area contributed by atoms with Crippen LogP contribution in [0.3, 0.4) is 0 Å². The van der Waals surface area contributed by atoms with Gasteiger partial charge in [0.2, 0.25) is 0 Å². The third-order valence-corrected chi connectivity index (χ3v) is 5.82. The third-order valence-electron chi connectivity index (χ3n) is 5.01. The number of carbonyl (C=O) groups excluding carboxylic acids is 1. The maximum Gasteiger partial charge on any atom is 0.407 e. The van der Waals surface area contributed by atoms with Crippen molar-refractivity contribution in [2.24, 2.45) is 0 Å². The Hall–Kier alpha value is -2.64. The van der Waals surface area contributed by atoms with Crippen molar-refractivity contribution in [3.05, 3.63) is 63.1 Å². The molecule has 1 heterocycles. The molecule has 0 bridgehead atoms. The molecule has 1 atom stereocenters. The fraction of sp³-hybridized carbons (Fsp3) is 0.333. The lowest BCUT2D eigenvalue weighted by molar-refractivity contribution is 0.104. The van der Waals surface area contributed by atoms with Gasteiger partial charge >= 0.3 is 12.2 Å². The van der Waals surface area contributed by atoms with Gasteiger partial charge in [-0.25, -0.2) is 9.59 Å². The van der Waals surface area contributed by atoms with E-state index >= 15 is 0 Å². The number of likely N-dealkylation sites (tertiary alicyclic amines) is 1. The molecule has 7 nitrogen and oxygen atoms in total. The quantitative estimate of drug-likeness (QED) is 0.638. The lowest BCUT2D eigenvalue weighted by Gasteiger charge is -2.39. The number of ether oxygens (including phenoxy) is 2. The molecule has 2 N–H and O–H groups in total. The van der Waals surface area contributed by atoms with Crippen LogP contribution in [0.15, 0.2) is 36.4 Å². The molecule has 1 fully saturated rings. The largest absolute Gasteiger partial charge is 0.496 e. The number of methoxy groups -OCH3 is 1. The van der Waals surface area contributed by atoms with Gasteiger partial charge in [-0.15, -0.1) is 0 Å². The molecule has 2 aromatic rings. The van der Waals surface area contributed by atoms with Crippen LogP contribution in [0.5, 0.6) is 5.75 Å². The Morgan fingerprint density at radius 3 is 2.53 bits per heavy atom. The smallest absolute Gasteiger partial charge is 0.407 e. The Labute approximate surface area is 184 Å². The third kappa shape index (κ3) is 4.74. The first-order chi connectivity index (χ1) is 14.3. The van der Waals surface area contributed by atoms with Crippen LogP contribution in [-0.2, 0) is 11.3 Å². The summed E-state index contributed by atoms with van der Waals surface area (Å²) in [5.74, 6) is 0.341. The first-order valence-corrected chi connectivity index (χ1v) is 10.1. The molecule has 1 aliphatic rings. The summed E-state index contributed by atoms with van der Waals surface area (Å²) in [5, 5.41) is 12.5. The second-order valence-electron chi connectivity index (χ2n) is 7.02. The summed E-state index contributed by atoms with van der Waals surface area (Å²) < 4.78 is 10.9. The van der Waals surface area contributed by atoms with E-state index in [0.717, 1.165) is 5.56 Å². The highest BCUT2D eigenvalue weighted by molar-refractivity contribution is 6.42. The van der Waals surface area contributed by atoms with E-state index in [0.29, 0.717) is 40.0 Å². The summed E-state index contributed by atoms with van der Waals surface area (Å²) >= 11 is 12.8. The van der Waals surface area contributed by atoms with Gasteiger partial charge in [-0.3, -0.25) is 0 Å². The molecule has 0 aromatic heterocycles. The van der Waals surface area contributed by atoms with Crippen LogP contribution in [0, 0.1) is 0 Å². The van der Waals surface area contributed by atoms with E-state index < -0.39 is 18.2 Å². The molecular weight excluding hydrogens is 431 g/mol. The van der Waals surface area contributed by atoms with Gasteiger partial charge in [0, 0.05) is 30.1 Å². The number of amides is 2. The summed E-state index contributed by atoms with van der Waals surface area (Å²) in [4.78, 5) is 24.6. The number of carbonyl (C=O) groups is 2. The van der Waals surface area contributed by atoms with Crippen molar-refractivity contribution in [2.45, 2.75) is 25.5 Å². The molecule has 1 aliphatic heterocycles. The van der Waals surface area contributed by atoms with Gasteiger partial charge in [-0.2, -0.15) is 0 Å². The van der Waals surface area contributed by atoms with Crippen LogP contribution in [0.4, 0.5) is 9.59 Å². The van der Waals surface area contributed by atoms with Crippen LogP contribution < -0.4 is 10.1 Å². The number of nitrogens with zero attached hydrogens (tertiary/aromatic N) is 1. The van der Waals surface area contributed by atoms with Crippen molar-refractivity contribution in [3.63, 3.8) is 0 Å². The van der Waals surface area contributed by atoms with Gasteiger partial charge in [0.15, 0.2) is 0 Å². The number of benzene rings is 2. The molecule has 0 spiro atoms. The van der Waals surface area contributed by atoms with Crippen molar-refractivity contribution in [1.82, 2.24) is 10.2 Å². The van der Waals surface area contributed by atoms with E-state index in [9.17, 15) is 9.59 Å². The van der Waals surface area contributed by atoms with E-state index in [1.165, 1.54) is 12.0 Å². The monoisotopic (exact) mass is 452 g/mol. The van der Waals surface area contributed by atoms with Crippen molar-refractivity contribution < 1.29 is 24.2 Å². The van der Waals surface area contributed by atoms with Crippen molar-refractivity contribution in [2.75, 3.05) is 20.2 Å². The summed E-state index contributed by atoms with van der Waals surface area (Å²) in [6, 6.07) is 10.5. The lowest BCUT2D eigenvalue weighted by atomic mass is 9.88. The minimum absolute atomic E-state index is 0.141. The Kier molecular flexibility index (Phi) is 6.95. The average Bonchev–Trinajstić information content (AvgIpc) is 2.68. The zero-order valence-corrected chi connectivity index (χ0v) is 18.0. The van der Waals surface area contributed by atoms with Crippen LogP contribution >= 0.6 is 23.2 Å². The number of rotatable bonds is 6. The Morgan fingerprint density at radius 2 is 1.93 bits per heavy atom. The lowest BCUT2D eigenvalue weighted by Crippen LogP contribution is -2.48. The molecule has 2 aromatic carbocycles. The van der Waals surface area contributed by atoms with Crippen LogP contribution in [-0.4, -0.2) is 42.4 Å². The van der Waals surface area contributed by atoms with Gasteiger partial charge in [0.25, 0.3) is 0 Å². The first-order valence-electron chi connectivity index (χ1n) is 9.32. The molecule has 2 amide bonds. The highest BCUT2D eigenvalue weighted by atomic mass is 35.5. The zero-order valence-electron chi connectivity index (χ0n) is 16.5. The number of hydrogen-bond acceptors (Lipinski definition) is 4. The first kappa shape index (κ1) is 22.1. The Bertz CT molecular complexity index is 933. The molecule has 160 valence electrons. The van der Waals surface area contributed by atoms with E-state index in [2.05, 4.69) is 5.32 Å². The second-order valence-corrected chi connectivity index (χ2v) is 7.81. The minimum Gasteiger partial charge on any atom is -0.496 e. The molecule has 9 heteroatoms. The molecule has 1 unspecified atom stereocenters. The normalized spacial score (nSPS) is 14.6. The number of carboxylic acid groups (broad SMARTS) is 1. The van der Waals surface area contributed by atoms with Crippen LogP contribution in [0.1, 0.15) is 35.6 Å². The fourth-order valence-electron chi connectivity index (χ4n) is 3.40. The van der Waals surface area contributed by atoms with Gasteiger partial charge in [0.05, 0.1) is 23.2 Å². The highest BCUT2D eigenvalue weighted by Gasteiger charge is 2.37. The van der Waals surface area contributed by atoms with E-state index in [-0.39, 0.29) is 12.5 Å². The molecule has 3 rings (SSSR count). The summed E-state index contributed by atoms with van der Waals surface area (Å²) in [7, 11) is 1.50. The summed E-state index contributed by atoms with van der Waals surface area (Å²) in [6.07, 6.45) is -1.57. The minimum atomic E-state index is -0.986. The fourth-order valence-corrected chi connectivity index (χ4v) is 3.91. The second kappa shape index (κ2) is 9.45. The molecule has 30 heavy (non-hydrogen) atoms.